The zero-order valence-electron chi connectivity index (χ0n) is 9.35. The van der Waals surface area contributed by atoms with Crippen LogP contribution in [0.5, 0.6) is 0 Å². The number of carbonyl (C=O) groups excluding carboxylic acids is 2. The van der Waals surface area contributed by atoms with Gasteiger partial charge in [0.15, 0.2) is 0 Å². The van der Waals surface area contributed by atoms with Crippen molar-refractivity contribution in [3.8, 4) is 0 Å². The summed E-state index contributed by atoms with van der Waals surface area (Å²) in [5.41, 5.74) is 0.882. The lowest BCUT2D eigenvalue weighted by atomic mass is 10.1. The van der Waals surface area contributed by atoms with Gasteiger partial charge in [-0.05, 0) is 12.1 Å². The first-order valence-electron chi connectivity index (χ1n) is 5.58. The first-order chi connectivity index (χ1) is 8.70. The Morgan fingerprint density at radius 3 is 1.78 bits per heavy atom. The van der Waals surface area contributed by atoms with Crippen molar-refractivity contribution in [1.82, 2.24) is 10.0 Å². The molecule has 0 radical (unpaired) electrons. The number of hydrazine groups is 1. The lowest BCUT2D eigenvalue weighted by molar-refractivity contribution is 0.0353. The molecule has 18 heavy (non-hydrogen) atoms. The maximum Gasteiger partial charge on any atom is 0.276 e. The van der Waals surface area contributed by atoms with Crippen LogP contribution in [-0.4, -0.2) is 45.7 Å². The number of imide groups is 1. The lowest BCUT2D eigenvalue weighted by Gasteiger charge is -2.15. The van der Waals surface area contributed by atoms with Crippen LogP contribution in [0.2, 0.25) is 0 Å². The van der Waals surface area contributed by atoms with Crippen LogP contribution in [0.15, 0.2) is 24.3 Å². The Labute approximate surface area is 114 Å². The Bertz CT molecular complexity index is 490. The van der Waals surface area contributed by atoms with Crippen molar-refractivity contribution in [2.75, 3.05) is 11.8 Å². The molecule has 1 saturated heterocycles. The molecule has 1 aromatic rings. The monoisotopic (exact) mass is 284 g/mol. The van der Waals surface area contributed by atoms with Gasteiger partial charge in [-0.15, -0.1) is 23.2 Å². The summed E-state index contributed by atoms with van der Waals surface area (Å²) in [6, 6.07) is 6.73. The Morgan fingerprint density at radius 2 is 1.39 bits per heavy atom. The molecule has 0 spiro atoms. The van der Waals surface area contributed by atoms with Crippen molar-refractivity contribution in [3.63, 3.8) is 0 Å². The van der Waals surface area contributed by atoms with E-state index < -0.39 is 0 Å². The predicted octanol–water partition coefficient (Wildman–Crippen LogP) is 1.73. The Hall–Kier alpha value is -1.10. The van der Waals surface area contributed by atoms with Gasteiger partial charge in [0.25, 0.3) is 11.8 Å². The largest absolute Gasteiger partial charge is 0.276 e. The van der Waals surface area contributed by atoms with Crippen molar-refractivity contribution < 1.29 is 9.59 Å². The third-order valence-electron chi connectivity index (χ3n) is 3.35. The van der Waals surface area contributed by atoms with Gasteiger partial charge in [-0.2, -0.15) is 5.01 Å². The second-order valence-corrected chi connectivity index (χ2v) is 4.91. The van der Waals surface area contributed by atoms with Crippen LogP contribution < -0.4 is 0 Å². The van der Waals surface area contributed by atoms with Crippen LogP contribution in [0.3, 0.4) is 0 Å². The molecule has 2 atom stereocenters. The van der Waals surface area contributed by atoms with Crippen molar-refractivity contribution in [1.29, 1.82) is 0 Å². The summed E-state index contributed by atoms with van der Waals surface area (Å²) < 4.78 is 0. The highest BCUT2D eigenvalue weighted by atomic mass is 35.5. The normalized spacial score (nSPS) is 29.7. The molecule has 2 unspecified atom stereocenters. The van der Waals surface area contributed by atoms with Gasteiger partial charge >= 0.3 is 0 Å². The number of fused-ring (bicyclic) bond motifs is 1. The molecule has 0 bridgehead atoms. The van der Waals surface area contributed by atoms with Crippen molar-refractivity contribution >= 4 is 35.0 Å². The Morgan fingerprint density at radius 1 is 0.944 bits per heavy atom. The number of alkyl halides is 2. The molecule has 4 nitrogen and oxygen atoms in total. The van der Waals surface area contributed by atoms with E-state index in [1.165, 1.54) is 5.01 Å². The average Bonchev–Trinajstić information content (AvgIpc) is 3.05. The molecule has 2 amide bonds. The van der Waals surface area contributed by atoms with Crippen LogP contribution in [0.4, 0.5) is 0 Å². The molecule has 0 saturated carbocycles. The fourth-order valence-corrected chi connectivity index (χ4v) is 3.04. The molecule has 3 rings (SSSR count). The summed E-state index contributed by atoms with van der Waals surface area (Å²) in [4.78, 5) is 24.4. The zero-order chi connectivity index (χ0) is 12.9. The molecule has 0 N–H and O–H groups in total. The number of benzene rings is 1. The smallest absolute Gasteiger partial charge is 0.267 e. The lowest BCUT2D eigenvalue weighted by Crippen LogP contribution is -2.37. The molecular formula is C12H10Cl2N2O2. The standard InChI is InChI=1S/C12H10Cl2N2O2/c13-5-9-10(6-14)15(9)16-11(17)7-3-1-2-4-8(7)12(16)18/h1-4,9-10H,5-6H2. The third-order valence-corrected chi connectivity index (χ3v) is 3.99. The number of hydrogen-bond donors (Lipinski definition) is 0. The second kappa shape index (κ2) is 4.23. The maximum atomic E-state index is 12.2. The van der Waals surface area contributed by atoms with E-state index in [1.807, 2.05) is 0 Å². The fraction of sp³-hybridized carbons (Fsp3) is 0.333. The van der Waals surface area contributed by atoms with Crippen LogP contribution >= 0.6 is 23.2 Å². The molecule has 1 aromatic carbocycles. The summed E-state index contributed by atoms with van der Waals surface area (Å²) in [7, 11) is 0. The van der Waals surface area contributed by atoms with E-state index >= 15 is 0 Å². The maximum absolute atomic E-state index is 12.2. The molecule has 94 valence electrons. The number of carbonyl (C=O) groups is 2. The Balaban J connectivity index is 1.94. The van der Waals surface area contributed by atoms with Gasteiger partial charge in [0, 0.05) is 11.8 Å². The average molecular weight is 285 g/mol. The van der Waals surface area contributed by atoms with E-state index in [9.17, 15) is 9.59 Å². The first kappa shape index (κ1) is 12.0. The minimum absolute atomic E-state index is 0.0358. The SMILES string of the molecule is O=C1c2ccccc2C(=O)N1N1C(CCl)C1CCl. The van der Waals surface area contributed by atoms with Gasteiger partial charge in [-0.3, -0.25) is 9.59 Å². The summed E-state index contributed by atoms with van der Waals surface area (Å²) in [6.45, 7) is 0. The Kier molecular flexibility index (Phi) is 2.81. The van der Waals surface area contributed by atoms with Crippen molar-refractivity contribution in [2.45, 2.75) is 12.1 Å². The molecule has 0 aromatic heterocycles. The van der Waals surface area contributed by atoms with Crippen LogP contribution in [0.1, 0.15) is 20.7 Å². The number of hydrogen-bond acceptors (Lipinski definition) is 3. The van der Waals surface area contributed by atoms with E-state index in [2.05, 4.69) is 0 Å². The highest BCUT2D eigenvalue weighted by Gasteiger charge is 2.56. The van der Waals surface area contributed by atoms with Crippen LogP contribution in [0.25, 0.3) is 0 Å². The van der Waals surface area contributed by atoms with E-state index in [0.29, 0.717) is 22.9 Å². The number of amides is 2. The summed E-state index contributed by atoms with van der Waals surface area (Å²) in [5, 5.41) is 2.84. The minimum atomic E-state index is -0.293. The van der Waals surface area contributed by atoms with E-state index in [0.717, 1.165) is 0 Å². The van der Waals surface area contributed by atoms with Crippen LogP contribution in [-0.2, 0) is 0 Å². The molecule has 1 fully saturated rings. The molecule has 2 aliphatic heterocycles. The molecule has 2 aliphatic rings. The minimum Gasteiger partial charge on any atom is -0.267 e. The third kappa shape index (κ3) is 1.49. The number of rotatable bonds is 3. The zero-order valence-corrected chi connectivity index (χ0v) is 10.9. The highest BCUT2D eigenvalue weighted by Crippen LogP contribution is 2.37. The van der Waals surface area contributed by atoms with E-state index in [1.54, 1.807) is 29.3 Å². The summed E-state index contributed by atoms with van der Waals surface area (Å²) >= 11 is 11.6. The van der Waals surface area contributed by atoms with E-state index in [-0.39, 0.29) is 23.9 Å². The van der Waals surface area contributed by atoms with Gasteiger partial charge in [0.1, 0.15) is 0 Å². The topological polar surface area (TPSA) is 40.4 Å². The summed E-state index contributed by atoms with van der Waals surface area (Å²) in [5.74, 6) is 0.118. The van der Waals surface area contributed by atoms with Gasteiger partial charge in [-0.1, -0.05) is 12.1 Å². The van der Waals surface area contributed by atoms with Crippen molar-refractivity contribution in [3.05, 3.63) is 35.4 Å². The fourth-order valence-electron chi connectivity index (χ4n) is 2.35. The molecule has 0 aliphatic carbocycles. The summed E-state index contributed by atoms with van der Waals surface area (Å²) in [6.07, 6.45) is 0. The van der Waals surface area contributed by atoms with E-state index in [4.69, 9.17) is 23.2 Å². The van der Waals surface area contributed by atoms with Crippen LogP contribution in [0, 0.1) is 0 Å². The first-order valence-corrected chi connectivity index (χ1v) is 6.65. The highest BCUT2D eigenvalue weighted by molar-refractivity contribution is 6.22. The predicted molar refractivity (Wildman–Crippen MR) is 67.8 cm³/mol. The molecular weight excluding hydrogens is 275 g/mol. The molecule has 2 heterocycles. The molecule has 6 heteroatoms. The number of nitrogens with zero attached hydrogens (tertiary/aromatic N) is 2. The quantitative estimate of drug-likeness (QED) is 0.482. The van der Waals surface area contributed by atoms with Crippen molar-refractivity contribution in [2.24, 2.45) is 0 Å². The second-order valence-electron chi connectivity index (χ2n) is 4.29. The number of halogens is 2. The van der Waals surface area contributed by atoms with Gasteiger partial charge < -0.3 is 0 Å². The van der Waals surface area contributed by atoms with Gasteiger partial charge in [-0.25, -0.2) is 5.01 Å². The van der Waals surface area contributed by atoms with Gasteiger partial charge in [0.05, 0.1) is 23.2 Å². The van der Waals surface area contributed by atoms with Gasteiger partial charge in [0.2, 0.25) is 0 Å².